The summed E-state index contributed by atoms with van der Waals surface area (Å²) < 4.78 is 0. The lowest BCUT2D eigenvalue weighted by Gasteiger charge is -2.21. The smallest absolute Gasteiger partial charge is 0.231 e. The Morgan fingerprint density at radius 3 is 2.45 bits per heavy atom. The van der Waals surface area contributed by atoms with Crippen LogP contribution in [0.2, 0.25) is 0 Å². The number of anilines is 4. The fourth-order valence-electron chi connectivity index (χ4n) is 2.51. The Bertz CT molecular complexity index is 664. The molecule has 1 heterocycles. The number of fused-ring (bicyclic) bond motifs is 1. The number of nitrogen functional groups attached to an aromatic ring is 1. The highest BCUT2D eigenvalue weighted by molar-refractivity contribution is 6.01. The predicted molar refractivity (Wildman–Crippen MR) is 82.5 cm³/mol. The van der Waals surface area contributed by atoms with Gasteiger partial charge in [0.15, 0.2) is 0 Å². The summed E-state index contributed by atoms with van der Waals surface area (Å²) in [5.41, 5.74) is 10.7. The van der Waals surface area contributed by atoms with Gasteiger partial charge in [0.2, 0.25) is 5.91 Å². The van der Waals surface area contributed by atoms with Gasteiger partial charge in [-0.2, -0.15) is 0 Å². The van der Waals surface area contributed by atoms with Crippen molar-refractivity contribution in [2.24, 2.45) is 0 Å². The number of rotatable bonds is 2. The average Bonchev–Trinajstić information content (AvgIpc) is 2.74. The molecular formula is C16H17N3O. The Morgan fingerprint density at radius 1 is 1.10 bits per heavy atom. The number of benzene rings is 2. The topological polar surface area (TPSA) is 49.6 Å². The molecule has 3 rings (SSSR count). The van der Waals surface area contributed by atoms with E-state index in [9.17, 15) is 4.79 Å². The molecule has 102 valence electrons. The number of nitrogens with two attached hydrogens (primary N) is 1. The van der Waals surface area contributed by atoms with Gasteiger partial charge in [-0.25, -0.2) is 0 Å². The van der Waals surface area contributed by atoms with E-state index in [2.05, 4.69) is 11.0 Å². The summed E-state index contributed by atoms with van der Waals surface area (Å²) in [4.78, 5) is 15.5. The molecule has 2 N–H and O–H groups in total. The van der Waals surface area contributed by atoms with Crippen molar-refractivity contribution in [2.45, 2.75) is 6.42 Å². The third kappa shape index (κ3) is 1.99. The Kier molecular flexibility index (Phi) is 2.86. The summed E-state index contributed by atoms with van der Waals surface area (Å²) in [6.45, 7) is 0. The molecule has 0 fully saturated rings. The van der Waals surface area contributed by atoms with E-state index in [1.54, 1.807) is 4.90 Å². The first-order valence-corrected chi connectivity index (χ1v) is 6.55. The van der Waals surface area contributed by atoms with Crippen molar-refractivity contribution in [3.63, 3.8) is 0 Å². The van der Waals surface area contributed by atoms with Crippen LogP contribution in [0.4, 0.5) is 22.7 Å². The van der Waals surface area contributed by atoms with Crippen molar-refractivity contribution < 1.29 is 4.79 Å². The highest BCUT2D eigenvalue weighted by Gasteiger charge is 2.24. The maximum absolute atomic E-state index is 11.7. The number of carbonyl (C=O) groups is 1. The summed E-state index contributed by atoms with van der Waals surface area (Å²) in [5, 5.41) is 0. The Hall–Kier alpha value is -2.49. The molecule has 0 radical (unpaired) electrons. The van der Waals surface area contributed by atoms with Gasteiger partial charge in [0.1, 0.15) is 0 Å². The van der Waals surface area contributed by atoms with Crippen LogP contribution in [0, 0.1) is 0 Å². The van der Waals surface area contributed by atoms with Crippen molar-refractivity contribution in [1.82, 2.24) is 0 Å². The van der Waals surface area contributed by atoms with Gasteiger partial charge in [0.25, 0.3) is 0 Å². The molecule has 1 aliphatic rings. The number of carbonyl (C=O) groups excluding carboxylic acids is 1. The molecule has 0 aliphatic carbocycles. The SMILES string of the molecule is CN1C(=O)Cc2cc(N(C)c3ccc(N)cc3)ccc21. The first kappa shape index (κ1) is 12.5. The van der Waals surface area contributed by atoms with E-state index < -0.39 is 0 Å². The highest BCUT2D eigenvalue weighted by atomic mass is 16.2. The fourth-order valence-corrected chi connectivity index (χ4v) is 2.51. The Balaban J connectivity index is 1.94. The van der Waals surface area contributed by atoms with Gasteiger partial charge in [0, 0.05) is 36.8 Å². The van der Waals surface area contributed by atoms with E-state index in [-0.39, 0.29) is 5.91 Å². The summed E-state index contributed by atoms with van der Waals surface area (Å²) in [5.74, 6) is 0.146. The molecule has 1 aliphatic heterocycles. The van der Waals surface area contributed by atoms with Gasteiger partial charge in [-0.05, 0) is 48.0 Å². The molecule has 1 amide bonds. The molecule has 20 heavy (non-hydrogen) atoms. The summed E-state index contributed by atoms with van der Waals surface area (Å²) in [6, 6.07) is 13.9. The van der Waals surface area contributed by atoms with E-state index in [4.69, 9.17) is 5.73 Å². The van der Waals surface area contributed by atoms with Gasteiger partial charge in [-0.1, -0.05) is 0 Å². The average molecular weight is 267 g/mol. The van der Waals surface area contributed by atoms with Gasteiger partial charge in [-0.3, -0.25) is 4.79 Å². The minimum absolute atomic E-state index is 0.146. The van der Waals surface area contributed by atoms with Crippen LogP contribution < -0.4 is 15.5 Å². The van der Waals surface area contributed by atoms with E-state index in [0.717, 1.165) is 28.3 Å². The van der Waals surface area contributed by atoms with Gasteiger partial charge < -0.3 is 15.5 Å². The number of hydrogen-bond donors (Lipinski definition) is 1. The normalized spacial score (nSPS) is 13.5. The summed E-state index contributed by atoms with van der Waals surface area (Å²) in [6.07, 6.45) is 0.481. The lowest BCUT2D eigenvalue weighted by Crippen LogP contribution is -2.20. The molecule has 0 unspecified atom stereocenters. The van der Waals surface area contributed by atoms with Crippen molar-refractivity contribution >= 4 is 28.7 Å². The minimum Gasteiger partial charge on any atom is -0.399 e. The van der Waals surface area contributed by atoms with Gasteiger partial charge in [0.05, 0.1) is 6.42 Å². The van der Waals surface area contributed by atoms with E-state index in [1.807, 2.05) is 50.5 Å². The molecule has 2 aromatic rings. The molecule has 0 spiro atoms. The zero-order valence-corrected chi connectivity index (χ0v) is 11.6. The van der Waals surface area contributed by atoms with Crippen molar-refractivity contribution in [3.05, 3.63) is 48.0 Å². The zero-order chi connectivity index (χ0) is 14.3. The third-order valence-electron chi connectivity index (χ3n) is 3.81. The Morgan fingerprint density at radius 2 is 1.75 bits per heavy atom. The lowest BCUT2D eigenvalue weighted by atomic mass is 10.1. The van der Waals surface area contributed by atoms with Crippen LogP contribution in [-0.4, -0.2) is 20.0 Å². The number of amides is 1. The fraction of sp³-hybridized carbons (Fsp3) is 0.188. The number of likely N-dealkylation sites (N-methyl/N-ethyl adjacent to an activating group) is 1. The molecule has 0 saturated carbocycles. The Labute approximate surface area is 118 Å². The molecule has 0 aromatic heterocycles. The largest absolute Gasteiger partial charge is 0.399 e. The molecular weight excluding hydrogens is 250 g/mol. The van der Waals surface area contributed by atoms with E-state index >= 15 is 0 Å². The standard InChI is InChI=1S/C16H17N3O/c1-18(13-5-3-12(17)4-6-13)14-7-8-15-11(9-14)10-16(20)19(15)2/h3-9H,10,17H2,1-2H3. The van der Waals surface area contributed by atoms with Crippen LogP contribution in [-0.2, 0) is 11.2 Å². The maximum Gasteiger partial charge on any atom is 0.231 e. The lowest BCUT2D eigenvalue weighted by molar-refractivity contribution is -0.117. The zero-order valence-electron chi connectivity index (χ0n) is 11.6. The third-order valence-corrected chi connectivity index (χ3v) is 3.81. The van der Waals surface area contributed by atoms with Gasteiger partial charge >= 0.3 is 0 Å². The second kappa shape index (κ2) is 4.56. The van der Waals surface area contributed by atoms with Crippen molar-refractivity contribution in [1.29, 1.82) is 0 Å². The number of hydrogen-bond acceptors (Lipinski definition) is 3. The molecule has 4 heteroatoms. The molecule has 0 atom stereocenters. The van der Waals surface area contributed by atoms with Crippen molar-refractivity contribution in [3.8, 4) is 0 Å². The molecule has 0 bridgehead atoms. The molecule has 4 nitrogen and oxygen atoms in total. The quantitative estimate of drug-likeness (QED) is 0.851. The van der Waals surface area contributed by atoms with Crippen LogP contribution in [0.1, 0.15) is 5.56 Å². The second-order valence-electron chi connectivity index (χ2n) is 5.09. The summed E-state index contributed by atoms with van der Waals surface area (Å²) >= 11 is 0. The van der Waals surface area contributed by atoms with Crippen molar-refractivity contribution in [2.75, 3.05) is 29.6 Å². The first-order valence-electron chi connectivity index (χ1n) is 6.55. The molecule has 0 saturated heterocycles. The predicted octanol–water partition coefficient (Wildman–Crippen LogP) is 2.56. The maximum atomic E-state index is 11.7. The van der Waals surface area contributed by atoms with E-state index in [1.165, 1.54) is 0 Å². The van der Waals surface area contributed by atoms with Crippen LogP contribution in [0.15, 0.2) is 42.5 Å². The summed E-state index contributed by atoms with van der Waals surface area (Å²) in [7, 11) is 3.82. The minimum atomic E-state index is 0.146. The second-order valence-corrected chi connectivity index (χ2v) is 5.09. The monoisotopic (exact) mass is 267 g/mol. The van der Waals surface area contributed by atoms with E-state index in [0.29, 0.717) is 6.42 Å². The molecule has 2 aromatic carbocycles. The van der Waals surface area contributed by atoms with Crippen LogP contribution in [0.25, 0.3) is 0 Å². The highest BCUT2D eigenvalue weighted by Crippen LogP contribution is 2.33. The van der Waals surface area contributed by atoms with Crippen LogP contribution in [0.5, 0.6) is 0 Å². The van der Waals surface area contributed by atoms with Crippen LogP contribution >= 0.6 is 0 Å². The number of nitrogens with zero attached hydrogens (tertiary/aromatic N) is 2. The first-order chi connectivity index (χ1) is 9.56. The van der Waals surface area contributed by atoms with Gasteiger partial charge in [-0.15, -0.1) is 0 Å². The van der Waals surface area contributed by atoms with Crippen LogP contribution in [0.3, 0.4) is 0 Å².